The Hall–Kier alpha value is -1.29. The average molecular weight is 241 g/mol. The molecule has 92 valence electrons. The predicted molar refractivity (Wildman–Crippen MR) is 61.5 cm³/mol. The highest BCUT2D eigenvalue weighted by molar-refractivity contribution is 5.54. The van der Waals surface area contributed by atoms with E-state index in [1.807, 2.05) is 0 Å². The van der Waals surface area contributed by atoms with Gasteiger partial charge in [-0.1, -0.05) is 30.4 Å². The number of hydrogen-bond donors (Lipinski definition) is 1. The minimum atomic E-state index is -4.29. The second-order valence-electron chi connectivity index (χ2n) is 4.17. The zero-order chi connectivity index (χ0) is 12.3. The van der Waals surface area contributed by atoms with Gasteiger partial charge in [-0.25, -0.2) is 0 Å². The summed E-state index contributed by atoms with van der Waals surface area (Å²) >= 11 is 0. The van der Waals surface area contributed by atoms with E-state index in [2.05, 4.69) is 5.32 Å². The summed E-state index contributed by atoms with van der Waals surface area (Å²) in [5.41, 5.74) is -0.361. The third-order valence-corrected chi connectivity index (χ3v) is 2.67. The van der Waals surface area contributed by atoms with Gasteiger partial charge in [0.2, 0.25) is 0 Å². The zero-order valence-electron chi connectivity index (χ0n) is 9.30. The summed E-state index contributed by atoms with van der Waals surface area (Å²) in [6, 6.07) is 6.17. The second-order valence-corrected chi connectivity index (χ2v) is 4.17. The van der Waals surface area contributed by atoms with Gasteiger partial charge in [0.25, 0.3) is 0 Å². The van der Waals surface area contributed by atoms with Gasteiger partial charge < -0.3 is 5.32 Å². The van der Waals surface area contributed by atoms with E-state index < -0.39 is 11.7 Å². The molecule has 1 aromatic carbocycles. The Kier molecular flexibility index (Phi) is 3.52. The molecule has 0 atom stereocenters. The van der Waals surface area contributed by atoms with E-state index in [1.54, 1.807) is 12.1 Å². The molecule has 0 aliphatic heterocycles. The SMILES string of the molecule is FC(F)(F)c1ccccc1C=CCNC1CC1. The van der Waals surface area contributed by atoms with E-state index in [4.69, 9.17) is 0 Å². The van der Waals surface area contributed by atoms with Crippen LogP contribution in [0.15, 0.2) is 30.3 Å². The number of rotatable bonds is 4. The molecule has 0 amide bonds. The van der Waals surface area contributed by atoms with Crippen molar-refractivity contribution in [2.45, 2.75) is 25.1 Å². The monoisotopic (exact) mass is 241 g/mol. The van der Waals surface area contributed by atoms with Crippen molar-refractivity contribution in [3.8, 4) is 0 Å². The van der Waals surface area contributed by atoms with Gasteiger partial charge in [0.15, 0.2) is 0 Å². The van der Waals surface area contributed by atoms with Crippen molar-refractivity contribution in [1.29, 1.82) is 0 Å². The minimum absolute atomic E-state index is 0.220. The van der Waals surface area contributed by atoms with Crippen molar-refractivity contribution < 1.29 is 13.2 Å². The molecule has 1 aliphatic carbocycles. The van der Waals surface area contributed by atoms with Crippen LogP contribution in [0.1, 0.15) is 24.0 Å². The molecule has 1 N–H and O–H groups in total. The molecule has 1 saturated carbocycles. The minimum Gasteiger partial charge on any atom is -0.311 e. The first-order valence-corrected chi connectivity index (χ1v) is 5.63. The van der Waals surface area contributed by atoms with Crippen molar-refractivity contribution in [2.24, 2.45) is 0 Å². The van der Waals surface area contributed by atoms with Crippen LogP contribution in [0.3, 0.4) is 0 Å². The fourth-order valence-corrected chi connectivity index (χ4v) is 1.61. The quantitative estimate of drug-likeness (QED) is 0.851. The lowest BCUT2D eigenvalue weighted by atomic mass is 10.1. The van der Waals surface area contributed by atoms with Crippen molar-refractivity contribution in [3.63, 3.8) is 0 Å². The molecular formula is C13H14F3N. The van der Waals surface area contributed by atoms with Gasteiger partial charge in [-0.05, 0) is 24.5 Å². The number of halogens is 3. The molecule has 0 bridgehead atoms. The van der Waals surface area contributed by atoms with Crippen molar-refractivity contribution >= 4 is 6.08 Å². The summed E-state index contributed by atoms with van der Waals surface area (Å²) in [7, 11) is 0. The van der Waals surface area contributed by atoms with Crippen LogP contribution >= 0.6 is 0 Å². The summed E-state index contributed by atoms with van der Waals surface area (Å²) in [4.78, 5) is 0. The van der Waals surface area contributed by atoms with Gasteiger partial charge in [-0.2, -0.15) is 13.2 Å². The highest BCUT2D eigenvalue weighted by atomic mass is 19.4. The number of hydrogen-bond acceptors (Lipinski definition) is 1. The van der Waals surface area contributed by atoms with Crippen LogP contribution in [0.25, 0.3) is 6.08 Å². The lowest BCUT2D eigenvalue weighted by Gasteiger charge is -2.09. The molecule has 0 saturated heterocycles. The lowest BCUT2D eigenvalue weighted by molar-refractivity contribution is -0.137. The maximum atomic E-state index is 12.6. The molecule has 0 unspecified atom stereocenters. The first kappa shape index (κ1) is 12.2. The highest BCUT2D eigenvalue weighted by Gasteiger charge is 2.32. The van der Waals surface area contributed by atoms with Crippen LogP contribution in [0, 0.1) is 0 Å². The van der Waals surface area contributed by atoms with Crippen molar-refractivity contribution in [2.75, 3.05) is 6.54 Å². The first-order chi connectivity index (χ1) is 8.07. The standard InChI is InChI=1S/C13H14F3N/c14-13(15,16)12-6-2-1-4-10(12)5-3-9-17-11-7-8-11/h1-6,11,17H,7-9H2. The van der Waals surface area contributed by atoms with Gasteiger partial charge in [-0.15, -0.1) is 0 Å². The largest absolute Gasteiger partial charge is 0.416 e. The Morgan fingerprint density at radius 3 is 2.59 bits per heavy atom. The molecular weight excluding hydrogens is 227 g/mol. The van der Waals surface area contributed by atoms with Gasteiger partial charge in [0, 0.05) is 12.6 Å². The molecule has 1 fully saturated rings. The summed E-state index contributed by atoms with van der Waals surface area (Å²) in [5, 5.41) is 3.22. The van der Waals surface area contributed by atoms with Crippen LogP contribution in [-0.4, -0.2) is 12.6 Å². The average Bonchev–Trinajstić information content (AvgIpc) is 3.07. The summed E-state index contributed by atoms with van der Waals surface area (Å²) < 4.78 is 37.9. The number of benzene rings is 1. The number of alkyl halides is 3. The molecule has 0 heterocycles. The Bertz CT molecular complexity index is 405. The lowest BCUT2D eigenvalue weighted by Crippen LogP contribution is -2.15. The van der Waals surface area contributed by atoms with Crippen LogP contribution < -0.4 is 5.32 Å². The van der Waals surface area contributed by atoms with E-state index >= 15 is 0 Å². The summed E-state index contributed by atoms with van der Waals surface area (Å²) in [6.45, 7) is 0.622. The van der Waals surface area contributed by atoms with E-state index in [0.717, 1.165) is 6.07 Å². The normalized spacial score (nSPS) is 16.6. The van der Waals surface area contributed by atoms with Gasteiger partial charge in [0.05, 0.1) is 5.56 Å². The van der Waals surface area contributed by atoms with E-state index in [9.17, 15) is 13.2 Å². The molecule has 0 spiro atoms. The fourth-order valence-electron chi connectivity index (χ4n) is 1.61. The van der Waals surface area contributed by atoms with E-state index in [0.29, 0.717) is 12.6 Å². The molecule has 1 nitrogen and oxygen atoms in total. The third kappa shape index (κ3) is 3.60. The smallest absolute Gasteiger partial charge is 0.311 e. The maximum absolute atomic E-state index is 12.6. The molecule has 0 aromatic heterocycles. The van der Waals surface area contributed by atoms with Crippen molar-refractivity contribution in [1.82, 2.24) is 5.32 Å². The van der Waals surface area contributed by atoms with E-state index in [1.165, 1.54) is 31.1 Å². The second kappa shape index (κ2) is 4.92. The molecule has 1 aliphatic rings. The summed E-state index contributed by atoms with van der Waals surface area (Å²) in [6.07, 6.45) is 1.33. The molecule has 4 heteroatoms. The highest BCUT2D eigenvalue weighted by Crippen LogP contribution is 2.32. The van der Waals surface area contributed by atoms with Crippen LogP contribution in [0.2, 0.25) is 0 Å². The maximum Gasteiger partial charge on any atom is 0.416 e. The van der Waals surface area contributed by atoms with Gasteiger partial charge in [0.1, 0.15) is 0 Å². The Morgan fingerprint density at radius 1 is 1.24 bits per heavy atom. The van der Waals surface area contributed by atoms with Crippen molar-refractivity contribution in [3.05, 3.63) is 41.5 Å². The first-order valence-electron chi connectivity index (χ1n) is 5.63. The molecule has 0 radical (unpaired) electrons. The summed E-state index contributed by atoms with van der Waals surface area (Å²) in [5.74, 6) is 0. The van der Waals surface area contributed by atoms with Gasteiger partial charge >= 0.3 is 6.18 Å². The topological polar surface area (TPSA) is 12.0 Å². The third-order valence-electron chi connectivity index (χ3n) is 2.67. The molecule has 2 rings (SSSR count). The van der Waals surface area contributed by atoms with E-state index in [-0.39, 0.29) is 5.56 Å². The Balaban J connectivity index is 2.03. The van der Waals surface area contributed by atoms with Crippen LogP contribution in [0.4, 0.5) is 13.2 Å². The van der Waals surface area contributed by atoms with Crippen LogP contribution in [-0.2, 0) is 6.18 Å². The van der Waals surface area contributed by atoms with Crippen LogP contribution in [0.5, 0.6) is 0 Å². The fraction of sp³-hybridized carbons (Fsp3) is 0.385. The zero-order valence-corrected chi connectivity index (χ0v) is 9.30. The Labute approximate surface area is 98.3 Å². The predicted octanol–water partition coefficient (Wildman–Crippen LogP) is 3.47. The number of nitrogens with one attached hydrogen (secondary N) is 1. The molecule has 1 aromatic rings. The molecule has 17 heavy (non-hydrogen) atoms. The van der Waals surface area contributed by atoms with Gasteiger partial charge in [-0.3, -0.25) is 0 Å². The Morgan fingerprint density at radius 2 is 1.94 bits per heavy atom.